The fourth-order valence-electron chi connectivity index (χ4n) is 3.93. The van der Waals surface area contributed by atoms with Gasteiger partial charge in [0, 0.05) is 69.5 Å². The predicted molar refractivity (Wildman–Crippen MR) is 132 cm³/mol. The van der Waals surface area contributed by atoms with Crippen LogP contribution in [-0.2, 0) is 31.3 Å². The van der Waals surface area contributed by atoms with Crippen LogP contribution in [0, 0.1) is 12.7 Å². The minimum absolute atomic E-state index is 0.327. The van der Waals surface area contributed by atoms with Crippen LogP contribution in [0.5, 0.6) is 5.75 Å². The number of halogens is 1. The van der Waals surface area contributed by atoms with E-state index in [-0.39, 0.29) is 5.82 Å². The van der Waals surface area contributed by atoms with Gasteiger partial charge in [0.15, 0.2) is 0 Å². The third-order valence-electron chi connectivity index (χ3n) is 5.90. The molecule has 0 radical (unpaired) electrons. The van der Waals surface area contributed by atoms with Crippen molar-refractivity contribution in [2.75, 3.05) is 20.3 Å². The van der Waals surface area contributed by atoms with Crippen molar-refractivity contribution in [3.8, 4) is 11.4 Å². The number of rotatable bonds is 8. The number of carboxylic acid groups (broad SMARTS) is 2. The second-order valence-corrected chi connectivity index (χ2v) is 8.30. The highest BCUT2D eigenvalue weighted by atomic mass is 19.1. The molecule has 37 heavy (non-hydrogen) atoms. The van der Waals surface area contributed by atoms with Gasteiger partial charge < -0.3 is 29.0 Å². The van der Waals surface area contributed by atoms with E-state index < -0.39 is 17.5 Å². The highest BCUT2D eigenvalue weighted by Crippen LogP contribution is 2.37. The van der Waals surface area contributed by atoms with Crippen LogP contribution in [0.15, 0.2) is 67.0 Å². The van der Waals surface area contributed by atoms with Crippen LogP contribution in [0.2, 0.25) is 0 Å². The van der Waals surface area contributed by atoms with E-state index in [2.05, 4.69) is 4.98 Å². The summed E-state index contributed by atoms with van der Waals surface area (Å²) in [5.74, 6) is -1.41. The molecule has 2 aromatic carbocycles. The molecule has 0 bridgehead atoms. The first-order valence-corrected chi connectivity index (χ1v) is 11.5. The van der Waals surface area contributed by atoms with Crippen molar-refractivity contribution in [3.05, 3.63) is 89.8 Å². The number of aliphatic carboxylic acids is 2. The minimum atomic E-state index is -1.26. The maximum absolute atomic E-state index is 14.3. The fraction of sp³-hybridized carbons (Fsp3) is 0.296. The van der Waals surface area contributed by atoms with Crippen LogP contribution in [0.4, 0.5) is 4.39 Å². The van der Waals surface area contributed by atoms with Crippen molar-refractivity contribution in [1.82, 2.24) is 9.55 Å². The SMILES string of the molecule is COC1(c2cc(F)cc(OCc3ccc(-n4ccnc4C)cc3)c2)CCOCC1.O=C(O)/C=C/C(=O)O. The standard InChI is InChI=1S/C23H25FN2O3.C4H4O4/c1-17-25-9-10-26(17)21-5-3-18(4-6-21)16-29-22-14-19(13-20(24)15-22)23(27-2)7-11-28-12-8-23;5-3(6)1-2-4(7)8/h3-6,9-10,13-15H,7-8,11-12,16H2,1-2H3;1-2H,(H,5,6)(H,7,8)/b;2-1+. The lowest BCUT2D eigenvalue weighted by Crippen LogP contribution is -2.35. The van der Waals surface area contributed by atoms with E-state index in [0.717, 1.165) is 22.6 Å². The van der Waals surface area contributed by atoms with E-state index in [0.29, 0.717) is 50.6 Å². The number of carboxylic acids is 2. The molecule has 2 N–H and O–H groups in total. The largest absolute Gasteiger partial charge is 0.489 e. The van der Waals surface area contributed by atoms with Gasteiger partial charge in [-0.1, -0.05) is 12.1 Å². The highest BCUT2D eigenvalue weighted by molar-refractivity contribution is 5.89. The monoisotopic (exact) mass is 512 g/mol. The van der Waals surface area contributed by atoms with Crippen LogP contribution in [-0.4, -0.2) is 52.0 Å². The molecular formula is C27H29FN2O7. The highest BCUT2D eigenvalue weighted by Gasteiger charge is 2.35. The number of carbonyl (C=O) groups is 2. The van der Waals surface area contributed by atoms with Gasteiger partial charge in [-0.15, -0.1) is 0 Å². The van der Waals surface area contributed by atoms with Gasteiger partial charge in [0.05, 0.1) is 5.60 Å². The molecule has 0 aliphatic carbocycles. The number of aromatic nitrogens is 2. The number of nitrogens with zero attached hydrogens (tertiary/aromatic N) is 2. The molecule has 0 unspecified atom stereocenters. The first-order valence-electron chi connectivity index (χ1n) is 11.5. The molecule has 1 aliphatic rings. The average Bonchev–Trinajstić information content (AvgIpc) is 3.33. The lowest BCUT2D eigenvalue weighted by atomic mass is 9.86. The molecule has 0 amide bonds. The molecule has 1 aliphatic heterocycles. The Morgan fingerprint density at radius 1 is 1.11 bits per heavy atom. The maximum atomic E-state index is 14.3. The molecule has 1 saturated heterocycles. The Labute approximate surface area is 213 Å². The molecule has 2 heterocycles. The van der Waals surface area contributed by atoms with Crippen molar-refractivity contribution >= 4 is 11.9 Å². The number of methoxy groups -OCH3 is 1. The van der Waals surface area contributed by atoms with Crippen LogP contribution < -0.4 is 4.74 Å². The summed E-state index contributed by atoms with van der Waals surface area (Å²) < 4.78 is 33.4. The maximum Gasteiger partial charge on any atom is 0.328 e. The van der Waals surface area contributed by atoms with Gasteiger partial charge in [-0.2, -0.15) is 0 Å². The zero-order chi connectivity index (χ0) is 26.8. The molecule has 0 atom stereocenters. The Kier molecular flexibility index (Phi) is 9.53. The van der Waals surface area contributed by atoms with Crippen molar-refractivity contribution < 1.29 is 38.4 Å². The molecule has 196 valence electrons. The number of benzene rings is 2. The summed E-state index contributed by atoms with van der Waals surface area (Å²) in [4.78, 5) is 23.4. The molecule has 0 spiro atoms. The van der Waals surface area contributed by atoms with E-state index >= 15 is 0 Å². The summed E-state index contributed by atoms with van der Waals surface area (Å²) in [6.45, 7) is 3.52. The smallest absolute Gasteiger partial charge is 0.328 e. The first-order chi connectivity index (χ1) is 17.7. The van der Waals surface area contributed by atoms with E-state index in [9.17, 15) is 14.0 Å². The summed E-state index contributed by atoms with van der Waals surface area (Å²) in [7, 11) is 1.67. The molecule has 1 aromatic heterocycles. The van der Waals surface area contributed by atoms with Crippen LogP contribution in [0.1, 0.15) is 29.8 Å². The van der Waals surface area contributed by atoms with Gasteiger partial charge in [-0.05, 0) is 42.3 Å². The number of ether oxygens (including phenoxy) is 3. The van der Waals surface area contributed by atoms with Gasteiger partial charge >= 0.3 is 11.9 Å². The summed E-state index contributed by atoms with van der Waals surface area (Å²) in [6, 6.07) is 12.9. The second-order valence-electron chi connectivity index (χ2n) is 8.30. The fourth-order valence-corrected chi connectivity index (χ4v) is 3.93. The van der Waals surface area contributed by atoms with Crippen molar-refractivity contribution in [2.24, 2.45) is 0 Å². The topological polar surface area (TPSA) is 120 Å². The van der Waals surface area contributed by atoms with Crippen LogP contribution in [0.25, 0.3) is 5.69 Å². The number of hydrogen-bond acceptors (Lipinski definition) is 6. The molecule has 3 aromatic rings. The zero-order valence-corrected chi connectivity index (χ0v) is 20.6. The van der Waals surface area contributed by atoms with Crippen LogP contribution >= 0.6 is 0 Å². The third-order valence-corrected chi connectivity index (χ3v) is 5.90. The molecular weight excluding hydrogens is 483 g/mol. The quantitative estimate of drug-likeness (QED) is 0.430. The van der Waals surface area contributed by atoms with Crippen molar-refractivity contribution in [1.29, 1.82) is 0 Å². The van der Waals surface area contributed by atoms with Crippen molar-refractivity contribution in [3.63, 3.8) is 0 Å². The van der Waals surface area contributed by atoms with Crippen molar-refractivity contribution in [2.45, 2.75) is 32.0 Å². The minimum Gasteiger partial charge on any atom is -0.489 e. The molecule has 4 rings (SSSR count). The Hall–Kier alpha value is -4.02. The predicted octanol–water partition coefficient (Wildman–Crippen LogP) is 4.26. The first kappa shape index (κ1) is 27.6. The summed E-state index contributed by atoms with van der Waals surface area (Å²) >= 11 is 0. The molecule has 1 fully saturated rings. The summed E-state index contributed by atoms with van der Waals surface area (Å²) in [5, 5.41) is 15.6. The van der Waals surface area contributed by atoms with Gasteiger partial charge in [0.1, 0.15) is 24.0 Å². The Balaban J connectivity index is 0.000000414. The Bertz CT molecular complexity index is 1220. The van der Waals surface area contributed by atoms with E-state index in [1.54, 1.807) is 13.3 Å². The Morgan fingerprint density at radius 2 is 1.76 bits per heavy atom. The van der Waals surface area contributed by atoms with Crippen LogP contribution in [0.3, 0.4) is 0 Å². The van der Waals surface area contributed by atoms with Gasteiger partial charge in [0.2, 0.25) is 0 Å². The third kappa shape index (κ3) is 7.73. The van der Waals surface area contributed by atoms with E-state index in [1.165, 1.54) is 12.1 Å². The van der Waals surface area contributed by atoms with E-state index in [4.69, 9.17) is 24.4 Å². The lowest BCUT2D eigenvalue weighted by molar-refractivity contribution is -0.134. The van der Waals surface area contributed by atoms with Gasteiger partial charge in [0.25, 0.3) is 0 Å². The number of hydrogen-bond donors (Lipinski definition) is 2. The molecule has 9 nitrogen and oxygen atoms in total. The summed E-state index contributed by atoms with van der Waals surface area (Å²) in [6.07, 6.45) is 6.21. The summed E-state index contributed by atoms with van der Waals surface area (Å²) in [5.41, 5.74) is 2.32. The second kappa shape index (κ2) is 12.8. The zero-order valence-electron chi connectivity index (χ0n) is 20.6. The molecule has 10 heteroatoms. The van der Waals surface area contributed by atoms with Gasteiger partial charge in [-0.3, -0.25) is 0 Å². The molecule has 0 saturated carbocycles. The Morgan fingerprint density at radius 3 is 2.30 bits per heavy atom. The normalized spacial score (nSPS) is 14.6. The van der Waals surface area contributed by atoms with Gasteiger partial charge in [-0.25, -0.2) is 19.0 Å². The average molecular weight is 513 g/mol. The van der Waals surface area contributed by atoms with E-state index in [1.807, 2.05) is 48.0 Å². The number of aryl methyl sites for hydroxylation is 1. The lowest BCUT2D eigenvalue weighted by Gasteiger charge is -2.36. The number of imidazole rings is 1.